The number of nitrogens with zero attached hydrogens (tertiary/aromatic N) is 1. The molecule has 1 aromatic rings. The maximum atomic E-state index is 9.42. The molecule has 0 saturated carbocycles. The first kappa shape index (κ1) is 14.5. The van der Waals surface area contributed by atoms with Gasteiger partial charge in [0.1, 0.15) is 5.82 Å². The highest BCUT2D eigenvalue weighted by atomic mass is 79.9. The zero-order chi connectivity index (χ0) is 13.1. The molecular formula is C13H21BrN2O. The number of halogens is 1. The van der Waals surface area contributed by atoms with Gasteiger partial charge in [0.2, 0.25) is 0 Å². The Morgan fingerprint density at radius 1 is 1.53 bits per heavy atom. The lowest BCUT2D eigenvalue weighted by Gasteiger charge is -2.26. The highest BCUT2D eigenvalue weighted by Crippen LogP contribution is 2.23. The van der Waals surface area contributed by atoms with Gasteiger partial charge in [-0.15, -0.1) is 0 Å². The van der Waals surface area contributed by atoms with Gasteiger partial charge in [-0.1, -0.05) is 13.8 Å². The molecule has 1 rings (SSSR count). The first-order chi connectivity index (χ1) is 7.80. The molecule has 1 unspecified atom stereocenters. The van der Waals surface area contributed by atoms with E-state index < -0.39 is 0 Å². The number of aryl methyl sites for hydroxylation is 1. The smallest absolute Gasteiger partial charge is 0.126 e. The number of nitrogens with one attached hydrogen (secondary N) is 1. The largest absolute Gasteiger partial charge is 0.393 e. The van der Waals surface area contributed by atoms with E-state index in [2.05, 4.69) is 40.1 Å². The van der Waals surface area contributed by atoms with Crippen LogP contribution in [0.3, 0.4) is 0 Å². The number of pyridine rings is 1. The maximum absolute atomic E-state index is 9.42. The lowest BCUT2D eigenvalue weighted by molar-refractivity contribution is 0.135. The van der Waals surface area contributed by atoms with Crippen LogP contribution in [0.4, 0.5) is 5.82 Å². The fourth-order valence-corrected chi connectivity index (χ4v) is 2.05. The van der Waals surface area contributed by atoms with Crippen LogP contribution < -0.4 is 5.32 Å². The second kappa shape index (κ2) is 5.83. The van der Waals surface area contributed by atoms with Gasteiger partial charge in [0, 0.05) is 17.2 Å². The van der Waals surface area contributed by atoms with E-state index in [1.807, 2.05) is 19.9 Å². The van der Waals surface area contributed by atoms with Gasteiger partial charge in [0.15, 0.2) is 0 Å². The van der Waals surface area contributed by atoms with Crippen molar-refractivity contribution in [1.29, 1.82) is 0 Å². The van der Waals surface area contributed by atoms with Crippen molar-refractivity contribution in [2.75, 3.05) is 11.9 Å². The van der Waals surface area contributed by atoms with Crippen LogP contribution in [0.15, 0.2) is 16.7 Å². The molecule has 0 fully saturated rings. The Hall–Kier alpha value is -0.610. The van der Waals surface area contributed by atoms with Gasteiger partial charge < -0.3 is 10.4 Å². The standard InChI is InChI=1S/C13H21BrN2O/c1-9-5-12(15-7-11(9)14)16-8-13(3,4)6-10(2)17/h5,7,10,17H,6,8H2,1-4H3,(H,15,16). The van der Waals surface area contributed by atoms with Crippen LogP contribution in [-0.2, 0) is 0 Å². The Labute approximate surface area is 112 Å². The van der Waals surface area contributed by atoms with Crippen LogP contribution in [0.2, 0.25) is 0 Å². The van der Waals surface area contributed by atoms with Crippen molar-refractivity contribution in [1.82, 2.24) is 4.98 Å². The molecule has 0 aliphatic heterocycles. The third-order valence-corrected chi connectivity index (χ3v) is 3.47. The van der Waals surface area contributed by atoms with E-state index in [4.69, 9.17) is 0 Å². The molecule has 0 aromatic carbocycles. The zero-order valence-corrected chi connectivity index (χ0v) is 12.5. The van der Waals surface area contributed by atoms with Crippen molar-refractivity contribution >= 4 is 21.7 Å². The molecule has 3 nitrogen and oxygen atoms in total. The number of anilines is 1. The second-order valence-corrected chi connectivity index (χ2v) is 6.24. The molecule has 96 valence electrons. The molecule has 1 atom stereocenters. The minimum absolute atomic E-state index is 0.0524. The molecule has 1 aromatic heterocycles. The second-order valence-electron chi connectivity index (χ2n) is 5.39. The quantitative estimate of drug-likeness (QED) is 0.876. The predicted octanol–water partition coefficient (Wildman–Crippen LogP) is 3.36. The van der Waals surface area contributed by atoms with Crippen molar-refractivity contribution in [2.45, 2.75) is 40.2 Å². The van der Waals surface area contributed by atoms with Crippen molar-refractivity contribution in [3.8, 4) is 0 Å². The molecule has 0 radical (unpaired) electrons. The Morgan fingerprint density at radius 2 is 2.18 bits per heavy atom. The molecule has 17 heavy (non-hydrogen) atoms. The molecule has 0 saturated heterocycles. The molecule has 0 aliphatic carbocycles. The van der Waals surface area contributed by atoms with Gasteiger partial charge in [0.25, 0.3) is 0 Å². The summed E-state index contributed by atoms with van der Waals surface area (Å²) >= 11 is 3.43. The molecule has 4 heteroatoms. The molecular weight excluding hydrogens is 280 g/mol. The van der Waals surface area contributed by atoms with Crippen molar-refractivity contribution in [2.24, 2.45) is 5.41 Å². The fraction of sp³-hybridized carbons (Fsp3) is 0.615. The van der Waals surface area contributed by atoms with Gasteiger partial charge in [-0.3, -0.25) is 0 Å². The Morgan fingerprint density at radius 3 is 2.71 bits per heavy atom. The molecule has 0 bridgehead atoms. The first-order valence-corrected chi connectivity index (χ1v) is 6.63. The van der Waals surface area contributed by atoms with Crippen LogP contribution in [-0.4, -0.2) is 22.7 Å². The summed E-state index contributed by atoms with van der Waals surface area (Å²) in [5.41, 5.74) is 1.22. The van der Waals surface area contributed by atoms with Gasteiger partial charge >= 0.3 is 0 Å². The summed E-state index contributed by atoms with van der Waals surface area (Å²) in [6.45, 7) is 8.94. The van der Waals surface area contributed by atoms with Crippen LogP contribution in [0.25, 0.3) is 0 Å². The van der Waals surface area contributed by atoms with Gasteiger partial charge in [-0.25, -0.2) is 4.98 Å². The fourth-order valence-electron chi connectivity index (χ4n) is 1.84. The number of aromatic nitrogens is 1. The van der Waals surface area contributed by atoms with Crippen molar-refractivity contribution in [3.05, 3.63) is 22.3 Å². The number of rotatable bonds is 5. The lowest BCUT2D eigenvalue weighted by Crippen LogP contribution is -2.27. The summed E-state index contributed by atoms with van der Waals surface area (Å²) in [5, 5.41) is 12.7. The normalized spacial score (nSPS) is 13.5. The van der Waals surface area contributed by atoms with E-state index in [0.29, 0.717) is 0 Å². The van der Waals surface area contributed by atoms with E-state index >= 15 is 0 Å². The number of hydrogen-bond donors (Lipinski definition) is 2. The SMILES string of the molecule is Cc1cc(NCC(C)(C)CC(C)O)ncc1Br. The average molecular weight is 301 g/mol. The van der Waals surface area contributed by atoms with E-state index in [1.54, 1.807) is 6.20 Å². The van der Waals surface area contributed by atoms with Crippen molar-refractivity contribution in [3.63, 3.8) is 0 Å². The van der Waals surface area contributed by atoms with Gasteiger partial charge in [0.05, 0.1) is 6.10 Å². The summed E-state index contributed by atoms with van der Waals surface area (Å²) in [6, 6.07) is 2.02. The summed E-state index contributed by atoms with van der Waals surface area (Å²) in [4.78, 5) is 4.30. The molecule has 1 heterocycles. The monoisotopic (exact) mass is 300 g/mol. The maximum Gasteiger partial charge on any atom is 0.126 e. The molecule has 0 aliphatic rings. The van der Waals surface area contributed by atoms with Crippen LogP contribution in [0, 0.1) is 12.3 Å². The topological polar surface area (TPSA) is 45.1 Å². The zero-order valence-electron chi connectivity index (χ0n) is 10.9. The highest BCUT2D eigenvalue weighted by Gasteiger charge is 2.20. The number of aliphatic hydroxyl groups excluding tert-OH is 1. The minimum atomic E-state index is -0.272. The van der Waals surface area contributed by atoms with Crippen LogP contribution >= 0.6 is 15.9 Å². The van der Waals surface area contributed by atoms with Crippen LogP contribution in [0.5, 0.6) is 0 Å². The van der Waals surface area contributed by atoms with Crippen LogP contribution in [0.1, 0.15) is 32.8 Å². The third kappa shape index (κ3) is 5.04. The van der Waals surface area contributed by atoms with E-state index in [-0.39, 0.29) is 11.5 Å². The number of aliphatic hydroxyl groups is 1. The first-order valence-electron chi connectivity index (χ1n) is 5.84. The highest BCUT2D eigenvalue weighted by molar-refractivity contribution is 9.10. The van der Waals surface area contributed by atoms with Gasteiger partial charge in [-0.2, -0.15) is 0 Å². The lowest BCUT2D eigenvalue weighted by atomic mass is 9.87. The summed E-state index contributed by atoms with van der Waals surface area (Å²) in [6.07, 6.45) is 2.31. The molecule has 0 spiro atoms. The number of hydrogen-bond acceptors (Lipinski definition) is 3. The summed E-state index contributed by atoms with van der Waals surface area (Å²) in [7, 11) is 0. The summed E-state index contributed by atoms with van der Waals surface area (Å²) in [5.74, 6) is 0.879. The minimum Gasteiger partial charge on any atom is -0.393 e. The van der Waals surface area contributed by atoms with E-state index in [0.717, 1.165) is 28.8 Å². The molecule has 2 N–H and O–H groups in total. The summed E-state index contributed by atoms with van der Waals surface area (Å²) < 4.78 is 1.02. The Kier molecular flexibility index (Phi) is 4.95. The van der Waals surface area contributed by atoms with Crippen molar-refractivity contribution < 1.29 is 5.11 Å². The van der Waals surface area contributed by atoms with Gasteiger partial charge in [-0.05, 0) is 53.2 Å². The predicted molar refractivity (Wildman–Crippen MR) is 75.2 cm³/mol. The third-order valence-electron chi connectivity index (χ3n) is 2.64. The molecule has 0 amide bonds. The van der Waals surface area contributed by atoms with E-state index in [1.165, 1.54) is 0 Å². The average Bonchev–Trinajstić information content (AvgIpc) is 2.18. The van der Waals surface area contributed by atoms with E-state index in [9.17, 15) is 5.11 Å². The Balaban J connectivity index is 2.58. The Bertz CT molecular complexity index is 378.